The third-order valence-electron chi connectivity index (χ3n) is 3.88. The second kappa shape index (κ2) is 5.64. The predicted octanol–water partition coefficient (Wildman–Crippen LogP) is 4.56. The van der Waals surface area contributed by atoms with Crippen LogP contribution < -0.4 is 5.32 Å². The van der Waals surface area contributed by atoms with Crippen molar-refractivity contribution in [3.05, 3.63) is 10.2 Å². The van der Waals surface area contributed by atoms with Crippen LogP contribution in [0.25, 0.3) is 0 Å². The molecule has 0 fully saturated rings. The summed E-state index contributed by atoms with van der Waals surface area (Å²) in [6, 6.07) is 0.528. The minimum atomic E-state index is 0.525. The van der Waals surface area contributed by atoms with Crippen LogP contribution in [0.2, 0.25) is 0 Å². The largest absolute Gasteiger partial charge is 0.369 e. The molecule has 2 unspecified atom stereocenters. The SMILES string of the molecule is CCCC(C)c1nn2c(c1Br)NCCC2C(C)C. The van der Waals surface area contributed by atoms with Crippen LogP contribution >= 0.6 is 15.9 Å². The molecule has 0 aliphatic carbocycles. The molecule has 2 heterocycles. The molecule has 0 bridgehead atoms. The molecule has 1 aliphatic heterocycles. The first-order valence-corrected chi connectivity index (χ1v) is 7.87. The van der Waals surface area contributed by atoms with Gasteiger partial charge in [0.05, 0.1) is 16.2 Å². The van der Waals surface area contributed by atoms with Gasteiger partial charge < -0.3 is 5.32 Å². The van der Waals surface area contributed by atoms with Gasteiger partial charge in [-0.1, -0.05) is 34.1 Å². The van der Waals surface area contributed by atoms with Crippen LogP contribution in [0.3, 0.4) is 0 Å². The first kappa shape index (κ1) is 13.9. The third kappa shape index (κ3) is 2.44. The molecule has 102 valence electrons. The summed E-state index contributed by atoms with van der Waals surface area (Å²) < 4.78 is 3.38. The molecule has 18 heavy (non-hydrogen) atoms. The summed E-state index contributed by atoms with van der Waals surface area (Å²) in [5.74, 6) is 2.34. The van der Waals surface area contributed by atoms with E-state index in [0.29, 0.717) is 17.9 Å². The number of halogens is 1. The zero-order valence-electron chi connectivity index (χ0n) is 11.8. The highest BCUT2D eigenvalue weighted by molar-refractivity contribution is 9.10. The molecule has 3 nitrogen and oxygen atoms in total. The first-order chi connectivity index (χ1) is 8.56. The number of hydrogen-bond donors (Lipinski definition) is 1. The zero-order chi connectivity index (χ0) is 13.3. The molecule has 1 aromatic heterocycles. The van der Waals surface area contributed by atoms with Crippen molar-refractivity contribution in [3.8, 4) is 0 Å². The second-order valence-electron chi connectivity index (χ2n) is 5.71. The number of aromatic nitrogens is 2. The molecule has 1 aliphatic rings. The number of rotatable bonds is 4. The highest BCUT2D eigenvalue weighted by Gasteiger charge is 2.28. The molecule has 0 spiro atoms. The fraction of sp³-hybridized carbons (Fsp3) is 0.786. The fourth-order valence-corrected chi connectivity index (χ4v) is 3.58. The quantitative estimate of drug-likeness (QED) is 0.883. The van der Waals surface area contributed by atoms with Crippen LogP contribution in [0, 0.1) is 5.92 Å². The van der Waals surface area contributed by atoms with Crippen LogP contribution in [0.15, 0.2) is 4.47 Å². The molecule has 0 saturated carbocycles. The highest BCUT2D eigenvalue weighted by Crippen LogP contribution is 2.39. The minimum Gasteiger partial charge on any atom is -0.369 e. The van der Waals surface area contributed by atoms with Gasteiger partial charge in [0, 0.05) is 12.5 Å². The molecular weight excluding hydrogens is 290 g/mol. The van der Waals surface area contributed by atoms with Crippen molar-refractivity contribution in [3.63, 3.8) is 0 Å². The van der Waals surface area contributed by atoms with Crippen molar-refractivity contribution < 1.29 is 0 Å². The van der Waals surface area contributed by atoms with Gasteiger partial charge in [0.15, 0.2) is 0 Å². The Morgan fingerprint density at radius 2 is 2.17 bits per heavy atom. The first-order valence-electron chi connectivity index (χ1n) is 7.08. The van der Waals surface area contributed by atoms with Crippen LogP contribution in [0.5, 0.6) is 0 Å². The zero-order valence-corrected chi connectivity index (χ0v) is 13.4. The topological polar surface area (TPSA) is 29.9 Å². The van der Waals surface area contributed by atoms with Crippen molar-refractivity contribution in [1.29, 1.82) is 0 Å². The second-order valence-corrected chi connectivity index (χ2v) is 6.50. The fourth-order valence-electron chi connectivity index (χ4n) is 2.79. The van der Waals surface area contributed by atoms with Crippen molar-refractivity contribution in [2.75, 3.05) is 11.9 Å². The van der Waals surface area contributed by atoms with Crippen molar-refractivity contribution in [2.24, 2.45) is 5.92 Å². The van der Waals surface area contributed by atoms with Gasteiger partial charge in [-0.2, -0.15) is 5.10 Å². The molecule has 4 heteroatoms. The third-order valence-corrected chi connectivity index (χ3v) is 4.66. The van der Waals surface area contributed by atoms with E-state index in [1.165, 1.54) is 35.2 Å². The van der Waals surface area contributed by atoms with Gasteiger partial charge in [-0.05, 0) is 34.7 Å². The number of hydrogen-bond acceptors (Lipinski definition) is 2. The van der Waals surface area contributed by atoms with Gasteiger partial charge in [0.1, 0.15) is 5.82 Å². The summed E-state index contributed by atoms with van der Waals surface area (Å²) in [5.41, 5.74) is 1.21. The van der Waals surface area contributed by atoms with E-state index in [1.807, 2.05) is 0 Å². The standard InChI is InChI=1S/C14H24BrN3/c1-5-6-10(4)13-12(15)14-16-8-7-11(9(2)3)18(14)17-13/h9-11,16H,5-8H2,1-4H3. The van der Waals surface area contributed by atoms with Crippen LogP contribution in [0.4, 0.5) is 5.82 Å². The molecule has 2 rings (SSSR count). The van der Waals surface area contributed by atoms with Crippen molar-refractivity contribution in [2.45, 2.75) is 58.9 Å². The normalized spacial score (nSPS) is 20.7. The Balaban J connectivity index is 2.36. The maximum absolute atomic E-state index is 4.88. The van der Waals surface area contributed by atoms with E-state index in [2.05, 4.69) is 53.6 Å². The number of nitrogens with one attached hydrogen (secondary N) is 1. The molecule has 2 atom stereocenters. The Labute approximate surface area is 118 Å². The monoisotopic (exact) mass is 313 g/mol. The van der Waals surface area contributed by atoms with Gasteiger partial charge in [-0.25, -0.2) is 4.68 Å². The lowest BCUT2D eigenvalue weighted by atomic mass is 10.00. The summed E-state index contributed by atoms with van der Waals surface area (Å²) in [4.78, 5) is 0. The van der Waals surface area contributed by atoms with Crippen LogP contribution in [0.1, 0.15) is 64.6 Å². The Hall–Kier alpha value is -0.510. The lowest BCUT2D eigenvalue weighted by Crippen LogP contribution is -2.27. The molecule has 1 N–H and O–H groups in total. The van der Waals surface area contributed by atoms with E-state index in [1.54, 1.807) is 0 Å². The van der Waals surface area contributed by atoms with E-state index >= 15 is 0 Å². The molecular formula is C14H24BrN3. The summed E-state index contributed by atoms with van der Waals surface area (Å²) in [5, 5.41) is 8.37. The molecule has 0 saturated heterocycles. The van der Waals surface area contributed by atoms with Crippen LogP contribution in [-0.4, -0.2) is 16.3 Å². The molecule has 1 aromatic rings. The van der Waals surface area contributed by atoms with Gasteiger partial charge in [0.25, 0.3) is 0 Å². The van der Waals surface area contributed by atoms with Crippen molar-refractivity contribution in [1.82, 2.24) is 9.78 Å². The number of nitrogens with zero attached hydrogens (tertiary/aromatic N) is 2. The number of fused-ring (bicyclic) bond motifs is 1. The lowest BCUT2D eigenvalue weighted by Gasteiger charge is -2.28. The van der Waals surface area contributed by atoms with Gasteiger partial charge in [-0.3, -0.25) is 0 Å². The maximum atomic E-state index is 4.88. The summed E-state index contributed by atoms with van der Waals surface area (Å²) >= 11 is 3.74. The maximum Gasteiger partial charge on any atom is 0.139 e. The minimum absolute atomic E-state index is 0.525. The Morgan fingerprint density at radius 1 is 1.44 bits per heavy atom. The lowest BCUT2D eigenvalue weighted by molar-refractivity contribution is 0.320. The Bertz CT molecular complexity index is 411. The van der Waals surface area contributed by atoms with Crippen LogP contribution in [-0.2, 0) is 0 Å². The summed E-state index contributed by atoms with van der Waals surface area (Å²) in [6.45, 7) is 10.1. The van der Waals surface area contributed by atoms with E-state index in [4.69, 9.17) is 5.10 Å². The molecule has 0 radical (unpaired) electrons. The van der Waals surface area contributed by atoms with Gasteiger partial charge in [0.2, 0.25) is 0 Å². The smallest absolute Gasteiger partial charge is 0.139 e. The van der Waals surface area contributed by atoms with Crippen molar-refractivity contribution >= 4 is 21.7 Å². The molecule has 0 aromatic carbocycles. The van der Waals surface area contributed by atoms with Gasteiger partial charge in [-0.15, -0.1) is 0 Å². The van der Waals surface area contributed by atoms with Gasteiger partial charge >= 0.3 is 0 Å². The van der Waals surface area contributed by atoms with E-state index in [-0.39, 0.29) is 0 Å². The Kier molecular flexibility index (Phi) is 4.36. The van der Waals surface area contributed by atoms with E-state index in [0.717, 1.165) is 6.54 Å². The van der Waals surface area contributed by atoms with E-state index in [9.17, 15) is 0 Å². The number of anilines is 1. The summed E-state index contributed by atoms with van der Waals surface area (Å²) in [7, 11) is 0. The van der Waals surface area contributed by atoms with E-state index < -0.39 is 0 Å². The average Bonchev–Trinajstić information content (AvgIpc) is 2.67. The molecule has 0 amide bonds. The predicted molar refractivity (Wildman–Crippen MR) is 80.2 cm³/mol. The highest BCUT2D eigenvalue weighted by atomic mass is 79.9. The Morgan fingerprint density at radius 3 is 2.78 bits per heavy atom. The summed E-state index contributed by atoms with van der Waals surface area (Å²) in [6.07, 6.45) is 3.57. The average molecular weight is 314 g/mol.